The Morgan fingerprint density at radius 3 is 2.66 bits per heavy atom. The van der Waals surface area contributed by atoms with Crippen LogP contribution in [0.1, 0.15) is 37.1 Å². The Labute approximate surface area is 171 Å². The van der Waals surface area contributed by atoms with Crippen molar-refractivity contribution >= 4 is 10.0 Å². The fraction of sp³-hybridized carbons (Fsp3) is 0.579. The van der Waals surface area contributed by atoms with E-state index in [1.54, 1.807) is 19.2 Å². The quantitative estimate of drug-likeness (QED) is 0.691. The number of methoxy groups -OCH3 is 1. The van der Waals surface area contributed by atoms with Gasteiger partial charge in [0, 0.05) is 38.2 Å². The first kappa shape index (κ1) is 21.5. The molecule has 3 rings (SSSR count). The summed E-state index contributed by atoms with van der Waals surface area (Å²) in [4.78, 5) is 2.24. The number of aromatic hydroxyl groups is 1. The number of hydrogen-bond acceptors (Lipinski definition) is 7. The summed E-state index contributed by atoms with van der Waals surface area (Å²) in [6, 6.07) is 4.79. The maximum Gasteiger partial charge on any atom is 0.209 e. The number of phenols is 1. The SMILES string of the molecule is COc1ccc(O)c(CN2CCc3nnc([C@H](NS(C)(=O)=O)C(C)C)n3CC2)c1. The first-order valence-corrected chi connectivity index (χ1v) is 11.5. The van der Waals surface area contributed by atoms with Gasteiger partial charge < -0.3 is 14.4 Å². The Balaban J connectivity index is 1.77. The highest BCUT2D eigenvalue weighted by Crippen LogP contribution is 2.26. The van der Waals surface area contributed by atoms with Gasteiger partial charge in [-0.05, 0) is 24.1 Å². The molecule has 0 saturated carbocycles. The Hall–Kier alpha value is -2.17. The average Bonchev–Trinajstić information content (AvgIpc) is 2.94. The van der Waals surface area contributed by atoms with Crippen LogP contribution in [0.4, 0.5) is 0 Å². The van der Waals surface area contributed by atoms with E-state index in [-0.39, 0.29) is 11.7 Å². The van der Waals surface area contributed by atoms with Gasteiger partial charge in [0.05, 0.1) is 19.4 Å². The molecule has 160 valence electrons. The lowest BCUT2D eigenvalue weighted by molar-refractivity contribution is 0.264. The highest BCUT2D eigenvalue weighted by Gasteiger charge is 2.28. The van der Waals surface area contributed by atoms with Crippen LogP contribution in [0.3, 0.4) is 0 Å². The fourth-order valence-electron chi connectivity index (χ4n) is 3.55. The summed E-state index contributed by atoms with van der Waals surface area (Å²) in [5.74, 6) is 2.47. The zero-order valence-electron chi connectivity index (χ0n) is 17.3. The second-order valence-corrected chi connectivity index (χ2v) is 9.54. The highest BCUT2D eigenvalue weighted by atomic mass is 32.2. The summed E-state index contributed by atoms with van der Waals surface area (Å²) >= 11 is 0. The Morgan fingerprint density at radius 1 is 1.24 bits per heavy atom. The van der Waals surface area contributed by atoms with Crippen LogP contribution < -0.4 is 9.46 Å². The van der Waals surface area contributed by atoms with Gasteiger partial charge >= 0.3 is 0 Å². The number of sulfonamides is 1. The van der Waals surface area contributed by atoms with Crippen LogP contribution in [0.15, 0.2) is 18.2 Å². The molecular formula is C19H29N5O4S. The van der Waals surface area contributed by atoms with E-state index in [1.165, 1.54) is 0 Å². The van der Waals surface area contributed by atoms with Crippen LogP contribution in [0, 0.1) is 5.92 Å². The van der Waals surface area contributed by atoms with Crippen molar-refractivity contribution in [1.82, 2.24) is 24.4 Å². The van der Waals surface area contributed by atoms with Crippen molar-refractivity contribution in [2.24, 2.45) is 5.92 Å². The molecule has 29 heavy (non-hydrogen) atoms. The van der Waals surface area contributed by atoms with Crippen molar-refractivity contribution in [3.05, 3.63) is 35.4 Å². The molecule has 0 unspecified atom stereocenters. The number of ether oxygens (including phenoxy) is 1. The minimum Gasteiger partial charge on any atom is -0.508 e. The fourth-order valence-corrected chi connectivity index (χ4v) is 4.39. The molecule has 1 aromatic heterocycles. The zero-order valence-corrected chi connectivity index (χ0v) is 18.1. The number of nitrogens with one attached hydrogen (secondary N) is 1. The van der Waals surface area contributed by atoms with E-state index in [2.05, 4.69) is 19.8 Å². The van der Waals surface area contributed by atoms with E-state index in [0.29, 0.717) is 31.1 Å². The number of fused-ring (bicyclic) bond motifs is 1. The molecule has 1 aromatic carbocycles. The summed E-state index contributed by atoms with van der Waals surface area (Å²) in [5.41, 5.74) is 0.807. The smallest absolute Gasteiger partial charge is 0.209 e. The van der Waals surface area contributed by atoms with Crippen molar-refractivity contribution in [1.29, 1.82) is 0 Å². The molecule has 2 N–H and O–H groups in total. The third-order valence-electron chi connectivity index (χ3n) is 5.11. The number of phenolic OH excluding ortho intramolecular Hbond substituents is 1. The monoisotopic (exact) mass is 423 g/mol. The van der Waals surface area contributed by atoms with Crippen LogP contribution in [-0.4, -0.2) is 59.6 Å². The van der Waals surface area contributed by atoms with Crippen LogP contribution >= 0.6 is 0 Å². The average molecular weight is 424 g/mol. The van der Waals surface area contributed by atoms with Gasteiger partial charge in [0.2, 0.25) is 10.0 Å². The van der Waals surface area contributed by atoms with Gasteiger partial charge in [0.1, 0.15) is 17.3 Å². The molecule has 0 saturated heterocycles. The standard InChI is InChI=1S/C19H29N5O4S/c1-13(2)18(22-29(4,26)27)19-21-20-17-7-8-23(9-10-24(17)19)12-14-11-15(28-3)5-6-16(14)25/h5-6,11,13,18,22,25H,7-10,12H2,1-4H3/t18-/m1/s1. The van der Waals surface area contributed by atoms with Crippen molar-refractivity contribution in [3.63, 3.8) is 0 Å². The Bertz CT molecular complexity index is 958. The van der Waals surface area contributed by atoms with E-state index < -0.39 is 16.1 Å². The molecule has 0 fully saturated rings. The molecule has 2 aromatic rings. The highest BCUT2D eigenvalue weighted by molar-refractivity contribution is 7.88. The van der Waals surface area contributed by atoms with Gasteiger partial charge in [-0.25, -0.2) is 13.1 Å². The summed E-state index contributed by atoms with van der Waals surface area (Å²) in [5, 5.41) is 18.8. The number of aromatic nitrogens is 3. The van der Waals surface area contributed by atoms with E-state index in [9.17, 15) is 13.5 Å². The third kappa shape index (κ3) is 5.26. The lowest BCUT2D eigenvalue weighted by Crippen LogP contribution is -2.33. The molecule has 1 atom stereocenters. The normalized spacial score (nSPS) is 16.4. The van der Waals surface area contributed by atoms with Crippen LogP contribution in [0.2, 0.25) is 0 Å². The van der Waals surface area contributed by atoms with E-state index >= 15 is 0 Å². The lowest BCUT2D eigenvalue weighted by atomic mass is 10.1. The third-order valence-corrected chi connectivity index (χ3v) is 5.80. The molecular weight excluding hydrogens is 394 g/mol. The first-order valence-electron chi connectivity index (χ1n) is 9.65. The molecule has 2 heterocycles. The van der Waals surface area contributed by atoms with Gasteiger partial charge in [-0.2, -0.15) is 0 Å². The minimum atomic E-state index is -3.37. The minimum absolute atomic E-state index is 0.0334. The van der Waals surface area contributed by atoms with E-state index in [1.807, 2.05) is 24.5 Å². The van der Waals surface area contributed by atoms with Gasteiger partial charge in [0.15, 0.2) is 5.82 Å². The summed E-state index contributed by atoms with van der Waals surface area (Å²) in [7, 11) is -1.77. The van der Waals surface area contributed by atoms with Crippen molar-refractivity contribution in [2.75, 3.05) is 26.5 Å². The van der Waals surface area contributed by atoms with Crippen LogP contribution in [0.5, 0.6) is 11.5 Å². The van der Waals surface area contributed by atoms with E-state index in [4.69, 9.17) is 4.74 Å². The molecule has 0 aliphatic carbocycles. The molecule has 0 radical (unpaired) electrons. The molecule has 1 aliphatic heterocycles. The molecule has 0 bridgehead atoms. The number of hydrogen-bond donors (Lipinski definition) is 2. The van der Waals surface area contributed by atoms with E-state index in [0.717, 1.165) is 30.7 Å². The number of nitrogens with zero attached hydrogens (tertiary/aromatic N) is 4. The van der Waals surface area contributed by atoms with Crippen molar-refractivity contribution in [3.8, 4) is 11.5 Å². The summed E-state index contributed by atoms with van der Waals surface area (Å²) < 4.78 is 33.6. The molecule has 0 spiro atoms. The maximum absolute atomic E-state index is 11.8. The van der Waals surface area contributed by atoms with Crippen molar-refractivity contribution in [2.45, 2.75) is 39.4 Å². The first-order chi connectivity index (χ1) is 13.7. The molecule has 1 aliphatic rings. The van der Waals surface area contributed by atoms with Gasteiger partial charge in [-0.1, -0.05) is 13.8 Å². The Morgan fingerprint density at radius 2 is 2.00 bits per heavy atom. The summed E-state index contributed by atoms with van der Waals surface area (Å²) in [6.45, 7) is 6.65. The Kier molecular flexibility index (Phi) is 6.45. The number of rotatable bonds is 7. The second kappa shape index (κ2) is 8.68. The van der Waals surface area contributed by atoms with Crippen LogP contribution in [-0.2, 0) is 29.5 Å². The molecule has 9 nitrogen and oxygen atoms in total. The van der Waals surface area contributed by atoms with Gasteiger partial charge in [0.25, 0.3) is 0 Å². The van der Waals surface area contributed by atoms with Gasteiger partial charge in [-0.15, -0.1) is 10.2 Å². The van der Waals surface area contributed by atoms with Crippen molar-refractivity contribution < 1.29 is 18.3 Å². The largest absolute Gasteiger partial charge is 0.508 e. The topological polar surface area (TPSA) is 110 Å². The summed E-state index contributed by atoms with van der Waals surface area (Å²) in [6.07, 6.45) is 1.85. The second-order valence-electron chi connectivity index (χ2n) is 7.76. The zero-order chi connectivity index (χ0) is 21.2. The maximum atomic E-state index is 11.8. The lowest BCUT2D eigenvalue weighted by Gasteiger charge is -2.23. The molecule has 0 amide bonds. The number of benzene rings is 1. The predicted octanol–water partition coefficient (Wildman–Crippen LogP) is 1.30. The predicted molar refractivity (Wildman–Crippen MR) is 109 cm³/mol. The van der Waals surface area contributed by atoms with Gasteiger partial charge in [-0.3, -0.25) is 4.90 Å². The molecule has 10 heteroatoms. The van der Waals surface area contributed by atoms with Crippen LogP contribution in [0.25, 0.3) is 0 Å².